The molecule has 264 valence electrons. The smallest absolute Gasteiger partial charge is 0.411 e. The van der Waals surface area contributed by atoms with Crippen molar-refractivity contribution < 1.29 is 28.6 Å². The number of nitrogens with zero attached hydrogens (tertiary/aromatic N) is 1. The molecule has 11 nitrogen and oxygen atoms in total. The van der Waals surface area contributed by atoms with Crippen LogP contribution in [-0.2, 0) is 14.9 Å². The number of urea groups is 1. The number of carbonyl (C=O) groups excluding carboxylic acids is 3. The van der Waals surface area contributed by atoms with E-state index in [9.17, 15) is 14.4 Å². The summed E-state index contributed by atoms with van der Waals surface area (Å²) in [7, 11) is 2.73. The van der Waals surface area contributed by atoms with Crippen molar-refractivity contribution in [1.29, 1.82) is 0 Å². The van der Waals surface area contributed by atoms with E-state index in [-0.39, 0.29) is 29.3 Å². The van der Waals surface area contributed by atoms with E-state index < -0.39 is 12.1 Å². The molecule has 1 aliphatic heterocycles. The summed E-state index contributed by atoms with van der Waals surface area (Å²) in [4.78, 5) is 44.7. The van der Waals surface area contributed by atoms with E-state index in [1.807, 2.05) is 93.4 Å². The Labute approximate surface area is 297 Å². The third kappa shape index (κ3) is 7.68. The van der Waals surface area contributed by atoms with Crippen LogP contribution in [0.2, 0.25) is 0 Å². The minimum atomic E-state index is -0.666. The Bertz CT molecular complexity index is 2070. The fourth-order valence-electron chi connectivity index (χ4n) is 6.37. The highest BCUT2D eigenvalue weighted by Gasteiger charge is 2.34. The summed E-state index contributed by atoms with van der Waals surface area (Å²) >= 11 is 0. The molecule has 4 aromatic carbocycles. The van der Waals surface area contributed by atoms with Crippen LogP contribution in [0.3, 0.4) is 0 Å². The number of rotatable bonds is 7. The minimum Gasteiger partial charge on any atom is -0.492 e. The number of benzene rings is 4. The van der Waals surface area contributed by atoms with Gasteiger partial charge in [-0.15, -0.1) is 0 Å². The van der Waals surface area contributed by atoms with Gasteiger partial charge in [-0.2, -0.15) is 0 Å². The molecule has 2 unspecified atom stereocenters. The van der Waals surface area contributed by atoms with Crippen molar-refractivity contribution in [2.24, 2.45) is 0 Å². The second-order valence-corrected chi connectivity index (χ2v) is 13.6. The van der Waals surface area contributed by atoms with Crippen LogP contribution in [0.5, 0.6) is 5.75 Å². The maximum absolute atomic E-state index is 14.2. The number of aromatic amines is 1. The average Bonchev–Trinajstić information content (AvgIpc) is 3.55. The van der Waals surface area contributed by atoms with Crippen LogP contribution >= 0.6 is 0 Å². The number of aryl methyl sites for hydroxylation is 1. The maximum atomic E-state index is 14.2. The lowest BCUT2D eigenvalue weighted by atomic mass is 9.86. The molecular formula is C40H43N5O6. The van der Waals surface area contributed by atoms with Crippen LogP contribution in [-0.4, -0.2) is 55.2 Å². The molecule has 2 heterocycles. The molecule has 1 fully saturated rings. The molecule has 1 aliphatic rings. The lowest BCUT2D eigenvalue weighted by Gasteiger charge is -2.38. The topological polar surface area (TPSA) is 134 Å². The quantitative estimate of drug-likeness (QED) is 0.135. The predicted octanol–water partition coefficient (Wildman–Crippen LogP) is 8.56. The van der Waals surface area contributed by atoms with E-state index in [4.69, 9.17) is 14.2 Å². The van der Waals surface area contributed by atoms with Crippen LogP contribution in [0.4, 0.5) is 26.7 Å². The molecule has 5 aromatic rings. The lowest BCUT2D eigenvalue weighted by molar-refractivity contribution is -0.0791. The Balaban J connectivity index is 1.22. The average molecular weight is 690 g/mol. The van der Waals surface area contributed by atoms with Crippen molar-refractivity contribution in [3.05, 3.63) is 119 Å². The zero-order chi connectivity index (χ0) is 36.3. The summed E-state index contributed by atoms with van der Waals surface area (Å²) in [5, 5.41) is 9.45. The molecule has 11 heteroatoms. The van der Waals surface area contributed by atoms with Crippen LogP contribution in [0.1, 0.15) is 65.6 Å². The first kappa shape index (κ1) is 35.0. The first-order chi connectivity index (χ1) is 24.4. The van der Waals surface area contributed by atoms with Gasteiger partial charge in [0, 0.05) is 33.9 Å². The summed E-state index contributed by atoms with van der Waals surface area (Å²) in [6.07, 6.45) is 0.643. The Morgan fingerprint density at radius 2 is 1.53 bits per heavy atom. The number of hydrogen-bond donors (Lipinski definition) is 4. The number of methoxy groups -OCH3 is 2. The molecule has 0 saturated carbocycles. The zero-order valence-corrected chi connectivity index (χ0v) is 29.6. The fraction of sp³-hybridized carbons (Fsp3) is 0.275. The number of amides is 4. The third-order valence-electron chi connectivity index (χ3n) is 9.07. The van der Waals surface area contributed by atoms with Crippen LogP contribution < -0.4 is 20.7 Å². The van der Waals surface area contributed by atoms with Crippen molar-refractivity contribution in [3.8, 4) is 5.75 Å². The number of morpholine rings is 1. The van der Waals surface area contributed by atoms with Crippen molar-refractivity contribution in [2.45, 2.75) is 45.3 Å². The number of fused-ring (bicyclic) bond motifs is 1. The maximum Gasteiger partial charge on any atom is 0.411 e. The number of H-pyrrole nitrogens is 1. The van der Waals surface area contributed by atoms with Crippen molar-refractivity contribution >= 4 is 46.0 Å². The van der Waals surface area contributed by atoms with Crippen LogP contribution in [0.15, 0.2) is 91.1 Å². The zero-order valence-electron chi connectivity index (χ0n) is 29.6. The van der Waals surface area contributed by atoms with E-state index in [0.29, 0.717) is 41.3 Å². The fourth-order valence-corrected chi connectivity index (χ4v) is 6.37. The SMILES string of the molecule is COC(=O)Nc1cc(C(C)(C)C)cc(NC(=O)Nc2ccc(C(=O)N3CC(c4ccccc4)OC(c4c[nH]c5ccccc45)C3)c(C)c2)c1OC. The second kappa shape index (κ2) is 14.6. The summed E-state index contributed by atoms with van der Waals surface area (Å²) in [5.74, 6) is 0.151. The normalized spacial score (nSPS) is 16.0. The van der Waals surface area contributed by atoms with Gasteiger partial charge in [-0.1, -0.05) is 69.3 Å². The molecule has 0 bridgehead atoms. The molecule has 4 amide bonds. The largest absolute Gasteiger partial charge is 0.492 e. The molecule has 4 N–H and O–H groups in total. The Kier molecular flexibility index (Phi) is 10.0. The van der Waals surface area contributed by atoms with Crippen LogP contribution in [0.25, 0.3) is 10.9 Å². The van der Waals surface area contributed by atoms with Crippen molar-refractivity contribution in [1.82, 2.24) is 9.88 Å². The molecule has 6 rings (SSSR count). The highest BCUT2D eigenvalue weighted by atomic mass is 16.5. The molecule has 0 radical (unpaired) electrons. The number of aromatic nitrogens is 1. The monoisotopic (exact) mass is 689 g/mol. The number of ether oxygens (including phenoxy) is 3. The van der Waals surface area contributed by atoms with Gasteiger partial charge >= 0.3 is 12.1 Å². The number of hydrogen-bond acceptors (Lipinski definition) is 6. The molecule has 0 spiro atoms. The van der Waals surface area contributed by atoms with Gasteiger partial charge < -0.3 is 34.7 Å². The van der Waals surface area contributed by atoms with E-state index in [1.54, 1.807) is 24.3 Å². The van der Waals surface area contributed by atoms with Gasteiger partial charge in [-0.05, 0) is 65.4 Å². The van der Waals surface area contributed by atoms with E-state index in [1.165, 1.54) is 14.2 Å². The summed E-state index contributed by atoms with van der Waals surface area (Å²) in [6.45, 7) is 8.69. The molecule has 0 aliphatic carbocycles. The first-order valence-corrected chi connectivity index (χ1v) is 16.8. The lowest BCUT2D eigenvalue weighted by Crippen LogP contribution is -2.44. The van der Waals surface area contributed by atoms with Gasteiger partial charge in [-0.3, -0.25) is 10.1 Å². The van der Waals surface area contributed by atoms with Gasteiger partial charge in [0.05, 0.1) is 38.7 Å². The van der Waals surface area contributed by atoms with Gasteiger partial charge in [0.1, 0.15) is 12.2 Å². The van der Waals surface area contributed by atoms with Gasteiger partial charge in [0.2, 0.25) is 0 Å². The Hall–Kier alpha value is -5.81. The van der Waals surface area contributed by atoms with Crippen molar-refractivity contribution in [2.75, 3.05) is 43.3 Å². The number of nitrogens with one attached hydrogen (secondary N) is 4. The Morgan fingerprint density at radius 1 is 0.843 bits per heavy atom. The molecule has 2 atom stereocenters. The summed E-state index contributed by atoms with van der Waals surface area (Å²) in [6, 6.07) is 26.3. The second-order valence-electron chi connectivity index (χ2n) is 13.6. The molecule has 1 aromatic heterocycles. The molecule has 51 heavy (non-hydrogen) atoms. The number of carbonyl (C=O) groups is 3. The molecule has 1 saturated heterocycles. The first-order valence-electron chi connectivity index (χ1n) is 16.8. The van der Waals surface area contributed by atoms with Crippen LogP contribution in [0, 0.1) is 6.92 Å². The summed E-state index contributed by atoms with van der Waals surface area (Å²) < 4.78 is 17.0. The number of para-hydroxylation sites is 1. The minimum absolute atomic E-state index is 0.119. The molecular weight excluding hydrogens is 646 g/mol. The van der Waals surface area contributed by atoms with E-state index in [0.717, 1.165) is 27.6 Å². The number of anilines is 3. The standard InChI is InChI=1S/C40H43N5O6/c1-24-18-27(42-38(47)43-32-19-26(40(2,3)4)20-33(36(32)49-5)44-39(48)50-6)16-17-28(24)37(46)45-22-34(25-12-8-7-9-13-25)51-35(23-45)30-21-41-31-15-11-10-14-29(30)31/h7-21,34-35,41H,22-23H2,1-6H3,(H,44,48)(H2,42,43,47). The highest BCUT2D eigenvalue weighted by Crippen LogP contribution is 2.40. The predicted molar refractivity (Wildman–Crippen MR) is 199 cm³/mol. The Morgan fingerprint density at radius 3 is 2.22 bits per heavy atom. The highest BCUT2D eigenvalue weighted by molar-refractivity contribution is 6.03. The van der Waals surface area contributed by atoms with Gasteiger partial charge in [0.15, 0.2) is 5.75 Å². The van der Waals surface area contributed by atoms with E-state index >= 15 is 0 Å². The third-order valence-corrected chi connectivity index (χ3v) is 9.07. The van der Waals surface area contributed by atoms with Gasteiger partial charge in [-0.25, -0.2) is 9.59 Å². The van der Waals surface area contributed by atoms with Crippen molar-refractivity contribution in [3.63, 3.8) is 0 Å². The summed E-state index contributed by atoms with van der Waals surface area (Å²) in [5.41, 5.74) is 6.03. The van der Waals surface area contributed by atoms with E-state index in [2.05, 4.69) is 27.0 Å². The van der Waals surface area contributed by atoms with Gasteiger partial charge in [0.25, 0.3) is 5.91 Å².